The van der Waals surface area contributed by atoms with Gasteiger partial charge in [0, 0.05) is 23.7 Å². The Morgan fingerprint density at radius 1 is 1.44 bits per heavy atom. The van der Waals surface area contributed by atoms with Gasteiger partial charge in [-0.2, -0.15) is 5.26 Å². The van der Waals surface area contributed by atoms with Gasteiger partial charge in [0.15, 0.2) is 0 Å². The fourth-order valence-electron chi connectivity index (χ4n) is 1.37. The van der Waals surface area contributed by atoms with E-state index in [-0.39, 0.29) is 6.04 Å². The number of hydrogen-bond acceptors (Lipinski definition) is 3. The first-order valence-corrected chi connectivity index (χ1v) is 5.55. The Hall–Kier alpha value is -1.08. The third-order valence-corrected chi connectivity index (χ3v) is 2.60. The molecule has 0 heterocycles. The number of hydrogen-bond donors (Lipinski definition) is 1. The molecule has 1 aromatic rings. The fraction of sp³-hybridized carbons (Fsp3) is 0.417. The van der Waals surface area contributed by atoms with E-state index in [1.807, 2.05) is 32.3 Å². The van der Waals surface area contributed by atoms with Crippen molar-refractivity contribution in [1.29, 1.82) is 5.26 Å². The molecule has 1 N–H and O–H groups in total. The van der Waals surface area contributed by atoms with Gasteiger partial charge in [-0.05, 0) is 20.2 Å². The van der Waals surface area contributed by atoms with Crippen LogP contribution in [-0.4, -0.2) is 32.1 Å². The average molecular weight is 238 g/mol. The molecule has 0 bridgehead atoms. The van der Waals surface area contributed by atoms with Crippen molar-refractivity contribution in [2.45, 2.75) is 6.04 Å². The second-order valence-corrected chi connectivity index (χ2v) is 4.25. The zero-order valence-electron chi connectivity index (χ0n) is 9.57. The highest BCUT2D eigenvalue weighted by Crippen LogP contribution is 2.21. The van der Waals surface area contributed by atoms with E-state index in [1.165, 1.54) is 0 Å². The molecule has 3 nitrogen and oxygen atoms in total. The van der Waals surface area contributed by atoms with Gasteiger partial charge in [-0.1, -0.05) is 29.8 Å². The molecule has 0 saturated heterocycles. The minimum absolute atomic E-state index is 0.339. The minimum atomic E-state index is -0.339. The van der Waals surface area contributed by atoms with Crippen molar-refractivity contribution in [2.24, 2.45) is 0 Å². The van der Waals surface area contributed by atoms with Crippen molar-refractivity contribution in [3.63, 3.8) is 0 Å². The highest BCUT2D eigenvalue weighted by molar-refractivity contribution is 6.31. The summed E-state index contributed by atoms with van der Waals surface area (Å²) < 4.78 is 0. The van der Waals surface area contributed by atoms with Crippen LogP contribution < -0.4 is 5.32 Å². The van der Waals surface area contributed by atoms with E-state index >= 15 is 0 Å². The lowest BCUT2D eigenvalue weighted by Crippen LogP contribution is -2.29. The maximum Gasteiger partial charge on any atom is 0.122 e. The predicted octanol–water partition coefficient (Wildman–Crippen LogP) is 2.06. The second-order valence-electron chi connectivity index (χ2n) is 3.84. The summed E-state index contributed by atoms with van der Waals surface area (Å²) in [6.45, 7) is 1.65. The number of nitriles is 1. The van der Waals surface area contributed by atoms with Crippen LogP contribution in [0.2, 0.25) is 5.02 Å². The molecule has 0 fully saturated rings. The lowest BCUT2D eigenvalue weighted by Gasteiger charge is -2.15. The maximum atomic E-state index is 9.08. The molecule has 0 radical (unpaired) electrons. The number of nitrogens with one attached hydrogen (secondary N) is 1. The molecular formula is C12H16ClN3. The summed E-state index contributed by atoms with van der Waals surface area (Å²) >= 11 is 6.04. The molecule has 1 unspecified atom stereocenters. The normalized spacial score (nSPS) is 12.4. The average Bonchev–Trinajstić information content (AvgIpc) is 2.25. The molecule has 0 aliphatic carbocycles. The summed E-state index contributed by atoms with van der Waals surface area (Å²) in [5.41, 5.74) is 0.838. The number of nitrogens with zero attached hydrogens (tertiary/aromatic N) is 2. The van der Waals surface area contributed by atoms with E-state index in [9.17, 15) is 0 Å². The molecule has 1 rings (SSSR count). The van der Waals surface area contributed by atoms with Gasteiger partial charge in [-0.15, -0.1) is 0 Å². The van der Waals surface area contributed by atoms with Crippen molar-refractivity contribution < 1.29 is 0 Å². The molecule has 0 amide bonds. The lowest BCUT2D eigenvalue weighted by molar-refractivity contribution is 0.395. The van der Waals surface area contributed by atoms with Crippen molar-refractivity contribution in [2.75, 3.05) is 27.2 Å². The van der Waals surface area contributed by atoms with Crippen molar-refractivity contribution in [1.82, 2.24) is 10.2 Å². The monoisotopic (exact) mass is 237 g/mol. The summed E-state index contributed by atoms with van der Waals surface area (Å²) in [6.07, 6.45) is 0. The van der Waals surface area contributed by atoms with Gasteiger partial charge < -0.3 is 4.90 Å². The first-order valence-electron chi connectivity index (χ1n) is 5.17. The van der Waals surface area contributed by atoms with Gasteiger partial charge in [-0.25, -0.2) is 0 Å². The van der Waals surface area contributed by atoms with Gasteiger partial charge in [-0.3, -0.25) is 5.32 Å². The summed E-state index contributed by atoms with van der Waals surface area (Å²) in [7, 11) is 4.00. The standard InChI is InChI=1S/C12H16ClN3/c1-16(2)8-7-15-12(9-14)10-5-3-4-6-11(10)13/h3-6,12,15H,7-8H2,1-2H3. The number of benzene rings is 1. The summed E-state index contributed by atoms with van der Waals surface area (Å²) in [6, 6.07) is 9.30. The summed E-state index contributed by atoms with van der Waals surface area (Å²) in [4.78, 5) is 2.06. The number of likely N-dealkylation sites (N-methyl/N-ethyl adjacent to an activating group) is 1. The highest BCUT2D eigenvalue weighted by Gasteiger charge is 2.12. The van der Waals surface area contributed by atoms with Gasteiger partial charge in [0.1, 0.15) is 6.04 Å². The molecule has 0 spiro atoms. The van der Waals surface area contributed by atoms with Crippen LogP contribution in [0.3, 0.4) is 0 Å². The van der Waals surface area contributed by atoms with Gasteiger partial charge in [0.05, 0.1) is 6.07 Å². The van der Waals surface area contributed by atoms with Crippen LogP contribution in [-0.2, 0) is 0 Å². The van der Waals surface area contributed by atoms with E-state index in [0.717, 1.165) is 18.7 Å². The molecular weight excluding hydrogens is 222 g/mol. The van der Waals surface area contributed by atoms with Gasteiger partial charge in [0.2, 0.25) is 0 Å². The Morgan fingerprint density at radius 3 is 2.69 bits per heavy atom. The molecule has 86 valence electrons. The van der Waals surface area contributed by atoms with Gasteiger partial charge in [0.25, 0.3) is 0 Å². The largest absolute Gasteiger partial charge is 0.308 e. The Balaban J connectivity index is 2.62. The lowest BCUT2D eigenvalue weighted by atomic mass is 10.1. The minimum Gasteiger partial charge on any atom is -0.308 e. The van der Waals surface area contributed by atoms with Crippen molar-refractivity contribution in [3.8, 4) is 6.07 Å². The number of halogens is 1. The molecule has 1 aromatic carbocycles. The second kappa shape index (κ2) is 6.49. The van der Waals surface area contributed by atoms with Crippen LogP contribution in [0, 0.1) is 11.3 Å². The quantitative estimate of drug-likeness (QED) is 0.852. The van der Waals surface area contributed by atoms with Crippen molar-refractivity contribution >= 4 is 11.6 Å². The molecule has 4 heteroatoms. The zero-order valence-corrected chi connectivity index (χ0v) is 10.3. The SMILES string of the molecule is CN(C)CCNC(C#N)c1ccccc1Cl. The van der Waals surface area contributed by atoms with Crippen LogP contribution in [0.25, 0.3) is 0 Å². The smallest absolute Gasteiger partial charge is 0.122 e. The van der Waals surface area contributed by atoms with Crippen LogP contribution in [0.15, 0.2) is 24.3 Å². The molecule has 0 aliphatic heterocycles. The molecule has 0 aromatic heterocycles. The molecule has 0 aliphatic rings. The van der Waals surface area contributed by atoms with E-state index in [4.69, 9.17) is 16.9 Å². The fourth-order valence-corrected chi connectivity index (χ4v) is 1.61. The maximum absolute atomic E-state index is 9.08. The Kier molecular flexibility index (Phi) is 5.27. The van der Waals surface area contributed by atoms with Crippen LogP contribution >= 0.6 is 11.6 Å². The van der Waals surface area contributed by atoms with E-state index in [1.54, 1.807) is 6.07 Å². The summed E-state index contributed by atoms with van der Waals surface area (Å²) in [5.74, 6) is 0. The van der Waals surface area contributed by atoms with Crippen LogP contribution in [0.4, 0.5) is 0 Å². The van der Waals surface area contributed by atoms with E-state index < -0.39 is 0 Å². The van der Waals surface area contributed by atoms with Crippen LogP contribution in [0.1, 0.15) is 11.6 Å². The third kappa shape index (κ3) is 3.82. The predicted molar refractivity (Wildman–Crippen MR) is 66.4 cm³/mol. The summed E-state index contributed by atoms with van der Waals surface area (Å²) in [5, 5.41) is 12.9. The van der Waals surface area contributed by atoms with Crippen molar-refractivity contribution in [3.05, 3.63) is 34.9 Å². The van der Waals surface area contributed by atoms with Crippen LogP contribution in [0.5, 0.6) is 0 Å². The number of rotatable bonds is 5. The van der Waals surface area contributed by atoms with E-state index in [0.29, 0.717) is 5.02 Å². The molecule has 0 saturated carbocycles. The molecule has 1 atom stereocenters. The first kappa shape index (κ1) is 13.0. The topological polar surface area (TPSA) is 39.1 Å². The Labute approximate surface area is 102 Å². The van der Waals surface area contributed by atoms with E-state index in [2.05, 4.69) is 16.3 Å². The van der Waals surface area contributed by atoms with Gasteiger partial charge >= 0.3 is 0 Å². The molecule has 16 heavy (non-hydrogen) atoms. The Morgan fingerprint density at radius 2 is 2.12 bits per heavy atom. The highest BCUT2D eigenvalue weighted by atomic mass is 35.5. The zero-order chi connectivity index (χ0) is 12.0. The third-order valence-electron chi connectivity index (χ3n) is 2.25. The first-order chi connectivity index (χ1) is 7.65. The Bertz CT molecular complexity index is 371.